The molecule has 1 aromatic carbocycles. The van der Waals surface area contributed by atoms with Crippen molar-refractivity contribution in [3.63, 3.8) is 0 Å². The van der Waals surface area contributed by atoms with E-state index in [-0.39, 0.29) is 11.2 Å². The molecule has 0 nitrogen and oxygen atoms in total. The van der Waals surface area contributed by atoms with Crippen molar-refractivity contribution in [3.8, 4) is 0 Å². The number of hydrogen-bond acceptors (Lipinski definition) is 0. The summed E-state index contributed by atoms with van der Waals surface area (Å²) in [6.07, 6.45) is 1.60. The molecule has 0 spiro atoms. The Labute approximate surface area is 104 Å². The van der Waals surface area contributed by atoms with Gasteiger partial charge in [0.15, 0.2) is 0 Å². The first-order chi connectivity index (χ1) is 7.04. The summed E-state index contributed by atoms with van der Waals surface area (Å²) in [7, 11) is 0. The molecule has 0 aliphatic carbocycles. The van der Waals surface area contributed by atoms with Crippen molar-refractivity contribution in [3.05, 3.63) is 34.1 Å². The van der Waals surface area contributed by atoms with Crippen LogP contribution < -0.4 is 0 Å². The molecule has 0 N–H and O–H groups in total. The van der Waals surface area contributed by atoms with Gasteiger partial charge >= 0.3 is 0 Å². The number of alkyl halides is 1. The molecular weight excluding hydrogens is 278 g/mol. The molecule has 84 valence electrons. The molecule has 0 saturated heterocycles. The lowest BCUT2D eigenvalue weighted by atomic mass is 9.96. The van der Waals surface area contributed by atoms with Crippen molar-refractivity contribution < 1.29 is 4.39 Å². The summed E-state index contributed by atoms with van der Waals surface area (Å²) in [5, 5.41) is 0.114. The van der Waals surface area contributed by atoms with Gasteiger partial charge in [0.05, 0.1) is 0 Å². The van der Waals surface area contributed by atoms with Crippen molar-refractivity contribution in [2.24, 2.45) is 5.92 Å². The maximum absolute atomic E-state index is 13.4. The van der Waals surface area contributed by atoms with E-state index in [9.17, 15) is 4.39 Å². The summed E-state index contributed by atoms with van der Waals surface area (Å²) in [6.45, 7) is 4.10. The van der Waals surface area contributed by atoms with Crippen molar-refractivity contribution in [2.45, 2.75) is 32.1 Å². The van der Waals surface area contributed by atoms with E-state index < -0.39 is 0 Å². The molecule has 0 saturated carbocycles. The summed E-state index contributed by atoms with van der Waals surface area (Å²) < 4.78 is 14.3. The molecule has 0 aliphatic rings. The Hall–Kier alpha value is -0.0800. The lowest BCUT2D eigenvalue weighted by Gasteiger charge is -2.16. The topological polar surface area (TPSA) is 0 Å². The van der Waals surface area contributed by atoms with E-state index in [1.807, 2.05) is 13.0 Å². The zero-order valence-corrected chi connectivity index (χ0v) is 11.3. The van der Waals surface area contributed by atoms with Crippen LogP contribution in [0, 0.1) is 11.7 Å². The van der Waals surface area contributed by atoms with Crippen LogP contribution >= 0.6 is 27.5 Å². The van der Waals surface area contributed by atoms with E-state index in [1.54, 1.807) is 6.07 Å². The highest BCUT2D eigenvalue weighted by molar-refractivity contribution is 9.10. The van der Waals surface area contributed by atoms with E-state index in [0.29, 0.717) is 12.3 Å². The monoisotopic (exact) mass is 292 g/mol. The third kappa shape index (κ3) is 3.76. The summed E-state index contributed by atoms with van der Waals surface area (Å²) in [6, 6.07) is 5.02. The van der Waals surface area contributed by atoms with Crippen LogP contribution in [0.2, 0.25) is 0 Å². The summed E-state index contributed by atoms with van der Waals surface area (Å²) in [5.74, 6) is 0.144. The third-order valence-electron chi connectivity index (χ3n) is 2.56. The lowest BCUT2D eigenvalue weighted by Crippen LogP contribution is -2.13. The van der Waals surface area contributed by atoms with Gasteiger partial charge in [-0.2, -0.15) is 0 Å². The fourth-order valence-corrected chi connectivity index (χ4v) is 2.07. The van der Waals surface area contributed by atoms with Gasteiger partial charge in [-0.3, -0.25) is 0 Å². The molecule has 2 atom stereocenters. The van der Waals surface area contributed by atoms with Crippen LogP contribution in [0.3, 0.4) is 0 Å². The highest BCUT2D eigenvalue weighted by Gasteiger charge is 2.15. The number of halogens is 3. The van der Waals surface area contributed by atoms with Gasteiger partial charge in [0, 0.05) is 9.85 Å². The first-order valence-electron chi connectivity index (χ1n) is 5.12. The minimum atomic E-state index is -0.148. The van der Waals surface area contributed by atoms with Gasteiger partial charge in [0.1, 0.15) is 5.82 Å². The van der Waals surface area contributed by atoms with Crippen LogP contribution in [0.4, 0.5) is 4.39 Å². The van der Waals surface area contributed by atoms with Gasteiger partial charge < -0.3 is 0 Å². The Morgan fingerprint density at radius 1 is 1.47 bits per heavy atom. The second-order valence-corrected chi connectivity index (χ2v) is 5.32. The summed E-state index contributed by atoms with van der Waals surface area (Å²) >= 11 is 9.46. The highest BCUT2D eigenvalue weighted by Crippen LogP contribution is 2.23. The standard InChI is InChI=1S/C12H15BrClF/c1-3-11(14)8(2)6-9-7-10(13)4-5-12(9)15/h4-5,7-8,11H,3,6H2,1-2H3. The number of rotatable bonds is 4. The zero-order valence-electron chi connectivity index (χ0n) is 8.93. The molecule has 0 bridgehead atoms. The predicted molar refractivity (Wildman–Crippen MR) is 66.9 cm³/mol. The number of hydrogen-bond donors (Lipinski definition) is 0. The van der Waals surface area contributed by atoms with Gasteiger partial charge in [-0.05, 0) is 42.5 Å². The fraction of sp³-hybridized carbons (Fsp3) is 0.500. The molecular formula is C12H15BrClF. The predicted octanol–water partition coefficient (Wildman–Crippen LogP) is 4.78. The van der Waals surface area contributed by atoms with Crippen LogP contribution in [0.15, 0.2) is 22.7 Å². The second kappa shape index (κ2) is 5.86. The zero-order chi connectivity index (χ0) is 11.4. The van der Waals surface area contributed by atoms with Crippen molar-refractivity contribution in [1.29, 1.82) is 0 Å². The maximum atomic E-state index is 13.4. The molecule has 0 radical (unpaired) electrons. The molecule has 0 heterocycles. The molecule has 15 heavy (non-hydrogen) atoms. The fourth-order valence-electron chi connectivity index (χ4n) is 1.58. The van der Waals surface area contributed by atoms with Crippen molar-refractivity contribution in [1.82, 2.24) is 0 Å². The van der Waals surface area contributed by atoms with Gasteiger partial charge in [-0.1, -0.05) is 29.8 Å². The Bertz CT molecular complexity index is 327. The van der Waals surface area contributed by atoms with Crippen LogP contribution in [0.5, 0.6) is 0 Å². The van der Waals surface area contributed by atoms with E-state index in [1.165, 1.54) is 6.07 Å². The van der Waals surface area contributed by atoms with Crippen molar-refractivity contribution in [2.75, 3.05) is 0 Å². The summed E-state index contributed by atoms with van der Waals surface area (Å²) in [4.78, 5) is 0. The normalized spacial score (nSPS) is 15.0. The van der Waals surface area contributed by atoms with Gasteiger partial charge in [-0.25, -0.2) is 4.39 Å². The Kier molecular flexibility index (Phi) is 5.07. The van der Waals surface area contributed by atoms with Crippen LogP contribution in [-0.2, 0) is 6.42 Å². The first kappa shape index (κ1) is 13.0. The Balaban J connectivity index is 2.75. The van der Waals surface area contributed by atoms with Crippen LogP contribution in [0.25, 0.3) is 0 Å². The Morgan fingerprint density at radius 2 is 2.13 bits per heavy atom. The quantitative estimate of drug-likeness (QED) is 0.701. The lowest BCUT2D eigenvalue weighted by molar-refractivity contribution is 0.511. The average Bonchev–Trinajstić information content (AvgIpc) is 2.22. The van der Waals surface area contributed by atoms with Crippen molar-refractivity contribution >= 4 is 27.5 Å². The first-order valence-corrected chi connectivity index (χ1v) is 6.35. The Morgan fingerprint density at radius 3 is 2.73 bits per heavy atom. The van der Waals surface area contributed by atoms with E-state index in [4.69, 9.17) is 11.6 Å². The second-order valence-electron chi connectivity index (χ2n) is 3.84. The van der Waals surface area contributed by atoms with Crippen LogP contribution in [0.1, 0.15) is 25.8 Å². The molecule has 2 unspecified atom stereocenters. The highest BCUT2D eigenvalue weighted by atomic mass is 79.9. The minimum Gasteiger partial charge on any atom is -0.207 e. The summed E-state index contributed by atoms with van der Waals surface area (Å²) in [5.41, 5.74) is 0.732. The molecule has 3 heteroatoms. The van der Waals surface area contributed by atoms with Crippen LogP contribution in [-0.4, -0.2) is 5.38 Å². The van der Waals surface area contributed by atoms with Gasteiger partial charge in [-0.15, -0.1) is 11.6 Å². The molecule has 0 aliphatic heterocycles. The largest absolute Gasteiger partial charge is 0.207 e. The maximum Gasteiger partial charge on any atom is 0.126 e. The van der Waals surface area contributed by atoms with Gasteiger partial charge in [0.2, 0.25) is 0 Å². The van der Waals surface area contributed by atoms with E-state index in [2.05, 4.69) is 22.9 Å². The molecule has 1 rings (SSSR count). The van der Waals surface area contributed by atoms with E-state index in [0.717, 1.165) is 16.5 Å². The molecule has 0 aromatic heterocycles. The number of benzene rings is 1. The molecule has 0 fully saturated rings. The van der Waals surface area contributed by atoms with E-state index >= 15 is 0 Å². The SMILES string of the molecule is CCC(Cl)C(C)Cc1cc(Br)ccc1F. The smallest absolute Gasteiger partial charge is 0.126 e. The van der Waals surface area contributed by atoms with Gasteiger partial charge in [0.25, 0.3) is 0 Å². The third-order valence-corrected chi connectivity index (χ3v) is 3.79. The molecule has 1 aromatic rings. The molecule has 0 amide bonds. The average molecular weight is 294 g/mol. The minimum absolute atomic E-state index is 0.114.